The molecular weight excluding hydrogens is 190 g/mol. The molecule has 0 aliphatic rings. The van der Waals surface area contributed by atoms with Crippen molar-refractivity contribution in [3.8, 4) is 0 Å². The summed E-state index contributed by atoms with van der Waals surface area (Å²) in [6.07, 6.45) is 3.84. The molecule has 0 spiro atoms. The van der Waals surface area contributed by atoms with E-state index in [1.54, 1.807) is 0 Å². The number of hydrogen-bond acceptors (Lipinski definition) is 3. The maximum Gasteiger partial charge on any atom is 0.125 e. The van der Waals surface area contributed by atoms with E-state index >= 15 is 0 Å². The normalized spacial score (nSPS) is 10.8. The van der Waals surface area contributed by atoms with E-state index in [-0.39, 0.29) is 0 Å². The summed E-state index contributed by atoms with van der Waals surface area (Å²) in [5.74, 6) is 1.89. The van der Waals surface area contributed by atoms with Gasteiger partial charge in [0.05, 0.1) is 19.3 Å². The summed E-state index contributed by atoms with van der Waals surface area (Å²) in [5, 5.41) is 7.26. The molecule has 0 unspecified atom stereocenters. The Morgan fingerprint density at radius 1 is 1.40 bits per heavy atom. The van der Waals surface area contributed by atoms with E-state index in [1.807, 2.05) is 43.2 Å². The highest BCUT2D eigenvalue weighted by atomic mass is 16.3. The zero-order chi connectivity index (χ0) is 10.7. The van der Waals surface area contributed by atoms with Gasteiger partial charge in [0.2, 0.25) is 0 Å². The average molecular weight is 205 g/mol. The number of rotatable bonds is 4. The van der Waals surface area contributed by atoms with Gasteiger partial charge in [-0.05, 0) is 31.7 Å². The highest BCUT2D eigenvalue weighted by Gasteiger charge is 2.02. The van der Waals surface area contributed by atoms with Crippen LogP contribution < -0.4 is 5.32 Å². The van der Waals surface area contributed by atoms with Crippen molar-refractivity contribution in [1.82, 2.24) is 15.1 Å². The van der Waals surface area contributed by atoms with E-state index in [0.717, 1.165) is 23.6 Å². The lowest BCUT2D eigenvalue weighted by Gasteiger charge is -1.97. The standard InChI is InChI=1S/C11H15N3O/c1-9-5-13-14(7-9)8-11-4-3-10(15-11)6-12-2/h3-5,7,12H,6,8H2,1-2H3. The first-order valence-corrected chi connectivity index (χ1v) is 4.99. The Kier molecular flexibility index (Phi) is 2.87. The van der Waals surface area contributed by atoms with Gasteiger partial charge in [0.1, 0.15) is 11.5 Å². The molecule has 0 aliphatic carbocycles. The van der Waals surface area contributed by atoms with Crippen molar-refractivity contribution in [2.75, 3.05) is 7.05 Å². The Bertz CT molecular complexity index is 430. The van der Waals surface area contributed by atoms with E-state index < -0.39 is 0 Å². The molecule has 2 aromatic rings. The van der Waals surface area contributed by atoms with Crippen LogP contribution in [-0.4, -0.2) is 16.8 Å². The molecule has 1 N–H and O–H groups in total. The van der Waals surface area contributed by atoms with Gasteiger partial charge in [-0.3, -0.25) is 4.68 Å². The summed E-state index contributed by atoms with van der Waals surface area (Å²) in [6.45, 7) is 3.48. The lowest BCUT2D eigenvalue weighted by Crippen LogP contribution is -2.03. The molecule has 15 heavy (non-hydrogen) atoms. The fourth-order valence-electron chi connectivity index (χ4n) is 1.49. The predicted molar refractivity (Wildman–Crippen MR) is 57.5 cm³/mol. The van der Waals surface area contributed by atoms with Crippen molar-refractivity contribution in [3.63, 3.8) is 0 Å². The molecule has 0 saturated carbocycles. The maximum absolute atomic E-state index is 5.61. The molecule has 4 nitrogen and oxygen atoms in total. The molecule has 0 fully saturated rings. The molecule has 0 aliphatic heterocycles. The number of nitrogens with one attached hydrogen (secondary N) is 1. The summed E-state index contributed by atoms with van der Waals surface area (Å²) >= 11 is 0. The minimum Gasteiger partial charge on any atom is -0.463 e. The molecule has 0 bridgehead atoms. The van der Waals surface area contributed by atoms with Gasteiger partial charge in [-0.1, -0.05) is 0 Å². The van der Waals surface area contributed by atoms with Crippen LogP contribution in [0.4, 0.5) is 0 Å². The molecule has 0 atom stereocenters. The van der Waals surface area contributed by atoms with E-state index in [9.17, 15) is 0 Å². The number of aryl methyl sites for hydroxylation is 1. The molecule has 2 aromatic heterocycles. The van der Waals surface area contributed by atoms with Crippen molar-refractivity contribution < 1.29 is 4.42 Å². The van der Waals surface area contributed by atoms with Crippen LogP contribution in [0.3, 0.4) is 0 Å². The second kappa shape index (κ2) is 4.31. The fourth-order valence-corrected chi connectivity index (χ4v) is 1.49. The van der Waals surface area contributed by atoms with Crippen LogP contribution in [0.15, 0.2) is 28.9 Å². The van der Waals surface area contributed by atoms with E-state index in [0.29, 0.717) is 6.54 Å². The van der Waals surface area contributed by atoms with Crippen molar-refractivity contribution in [3.05, 3.63) is 41.6 Å². The van der Waals surface area contributed by atoms with Crippen molar-refractivity contribution >= 4 is 0 Å². The first kappa shape index (κ1) is 9.98. The van der Waals surface area contributed by atoms with E-state index in [1.165, 1.54) is 0 Å². The third-order valence-corrected chi connectivity index (χ3v) is 2.15. The molecule has 0 saturated heterocycles. The van der Waals surface area contributed by atoms with E-state index in [2.05, 4.69) is 10.4 Å². The molecule has 80 valence electrons. The van der Waals surface area contributed by atoms with Crippen LogP contribution in [0.2, 0.25) is 0 Å². The van der Waals surface area contributed by atoms with Crippen LogP contribution in [0, 0.1) is 6.92 Å². The fraction of sp³-hybridized carbons (Fsp3) is 0.364. The molecule has 0 radical (unpaired) electrons. The molecule has 0 aromatic carbocycles. The zero-order valence-electron chi connectivity index (χ0n) is 9.03. The largest absolute Gasteiger partial charge is 0.463 e. The van der Waals surface area contributed by atoms with Crippen molar-refractivity contribution in [2.45, 2.75) is 20.0 Å². The molecular formula is C11H15N3O. The third-order valence-electron chi connectivity index (χ3n) is 2.15. The number of nitrogens with zero attached hydrogens (tertiary/aromatic N) is 2. The number of aromatic nitrogens is 2. The monoisotopic (exact) mass is 205 g/mol. The van der Waals surface area contributed by atoms with Crippen LogP contribution in [0.1, 0.15) is 17.1 Å². The molecule has 2 rings (SSSR count). The van der Waals surface area contributed by atoms with Crippen molar-refractivity contribution in [2.24, 2.45) is 0 Å². The van der Waals surface area contributed by atoms with Gasteiger partial charge in [0.25, 0.3) is 0 Å². The van der Waals surface area contributed by atoms with Gasteiger partial charge in [0, 0.05) is 6.20 Å². The Hall–Kier alpha value is -1.55. The zero-order valence-corrected chi connectivity index (χ0v) is 9.03. The number of hydrogen-bond donors (Lipinski definition) is 1. The Morgan fingerprint density at radius 3 is 2.87 bits per heavy atom. The summed E-state index contributed by atoms with van der Waals surface area (Å²) < 4.78 is 7.49. The smallest absolute Gasteiger partial charge is 0.125 e. The maximum atomic E-state index is 5.61. The summed E-state index contributed by atoms with van der Waals surface area (Å²) in [5.41, 5.74) is 1.16. The van der Waals surface area contributed by atoms with Crippen LogP contribution >= 0.6 is 0 Å². The summed E-state index contributed by atoms with van der Waals surface area (Å²) in [7, 11) is 1.90. The van der Waals surface area contributed by atoms with Crippen LogP contribution in [0.5, 0.6) is 0 Å². The van der Waals surface area contributed by atoms with Crippen LogP contribution in [-0.2, 0) is 13.1 Å². The molecule has 2 heterocycles. The predicted octanol–water partition coefficient (Wildman–Crippen LogP) is 1.55. The second-order valence-corrected chi connectivity index (χ2v) is 3.61. The first-order chi connectivity index (χ1) is 7.28. The van der Waals surface area contributed by atoms with Crippen LogP contribution in [0.25, 0.3) is 0 Å². The van der Waals surface area contributed by atoms with Gasteiger partial charge in [-0.2, -0.15) is 5.10 Å². The quantitative estimate of drug-likeness (QED) is 0.823. The lowest BCUT2D eigenvalue weighted by molar-refractivity contribution is 0.436. The van der Waals surface area contributed by atoms with E-state index in [4.69, 9.17) is 4.42 Å². The van der Waals surface area contributed by atoms with Gasteiger partial charge in [-0.25, -0.2) is 0 Å². The highest BCUT2D eigenvalue weighted by Crippen LogP contribution is 2.09. The summed E-state index contributed by atoms with van der Waals surface area (Å²) in [4.78, 5) is 0. The minimum atomic E-state index is 0.692. The topological polar surface area (TPSA) is 43.0 Å². The van der Waals surface area contributed by atoms with Gasteiger partial charge in [0.15, 0.2) is 0 Å². The van der Waals surface area contributed by atoms with Gasteiger partial charge < -0.3 is 9.73 Å². The number of furan rings is 1. The molecule has 4 heteroatoms. The van der Waals surface area contributed by atoms with Crippen molar-refractivity contribution in [1.29, 1.82) is 0 Å². The average Bonchev–Trinajstić information content (AvgIpc) is 2.78. The Morgan fingerprint density at radius 2 is 2.20 bits per heavy atom. The highest BCUT2D eigenvalue weighted by molar-refractivity contribution is 5.08. The minimum absolute atomic E-state index is 0.692. The SMILES string of the molecule is CNCc1ccc(Cn2cc(C)cn2)o1. The van der Waals surface area contributed by atoms with Gasteiger partial charge in [-0.15, -0.1) is 0 Å². The lowest BCUT2D eigenvalue weighted by atomic mass is 10.4. The summed E-state index contributed by atoms with van der Waals surface area (Å²) in [6, 6.07) is 3.98. The van der Waals surface area contributed by atoms with Gasteiger partial charge >= 0.3 is 0 Å². The Balaban J connectivity index is 2.04. The second-order valence-electron chi connectivity index (χ2n) is 3.61. The third kappa shape index (κ3) is 2.47. The molecule has 0 amide bonds. The Labute approximate surface area is 88.9 Å². The first-order valence-electron chi connectivity index (χ1n) is 4.99.